The predicted molar refractivity (Wildman–Crippen MR) is 71.9 cm³/mol. The molecule has 0 heterocycles. The number of rotatable bonds is 11. The van der Waals surface area contributed by atoms with Crippen LogP contribution in [0.3, 0.4) is 0 Å². The minimum absolute atomic E-state index is 0.232. The molecule has 0 atom stereocenters. The van der Waals surface area contributed by atoms with Gasteiger partial charge in [-0.3, -0.25) is 0 Å². The van der Waals surface area contributed by atoms with Crippen LogP contribution in [0.2, 0.25) is 5.32 Å². The van der Waals surface area contributed by atoms with Crippen LogP contribution in [0.15, 0.2) is 12.7 Å². The molecule has 0 aliphatic heterocycles. The molecule has 0 saturated heterocycles. The molecule has 0 spiro atoms. The molecule has 0 radical (unpaired) electrons. The summed E-state index contributed by atoms with van der Waals surface area (Å²) in [6, 6.07) is 0. The van der Waals surface area contributed by atoms with Gasteiger partial charge in [0.15, 0.2) is 0 Å². The molecule has 0 N–H and O–H groups in total. The van der Waals surface area contributed by atoms with E-state index < -0.39 is 5.97 Å². The zero-order valence-electron chi connectivity index (χ0n) is 11.8. The second-order valence-corrected chi connectivity index (χ2v) is 4.88. The van der Waals surface area contributed by atoms with Crippen molar-refractivity contribution in [3.8, 4) is 0 Å². The molecule has 0 unspecified atom stereocenters. The van der Waals surface area contributed by atoms with Crippen LogP contribution in [-0.2, 0) is 20.8 Å². The number of hydrogen-bond donors (Lipinski definition) is 0. The Morgan fingerprint density at radius 3 is 1.78 bits per heavy atom. The van der Waals surface area contributed by atoms with Gasteiger partial charge in [-0.15, -0.1) is 0 Å². The average Bonchev–Trinajstić information content (AvgIpc) is 2.37. The smallest absolute Gasteiger partial charge is 0.0414 e. The van der Waals surface area contributed by atoms with Gasteiger partial charge in [-0.1, -0.05) is 58.3 Å². The minimum Gasteiger partial charge on any atom is -0.550 e. The van der Waals surface area contributed by atoms with E-state index in [1.807, 2.05) is 0 Å². The Balaban J connectivity index is 0. The molecule has 0 rings (SSSR count). The molecule has 3 heteroatoms. The van der Waals surface area contributed by atoms with Gasteiger partial charge in [-0.2, -0.15) is 0 Å². The second-order valence-electron chi connectivity index (χ2n) is 4.39. The standard InChI is InChI=1S/C12H24O2.C3H5.Mn/c1-2-3-4-5-6-7-8-9-10-11-12(13)14;1-3-2;/h2-11H2,1H3,(H,13,14);3H,1-2H2;/q;;+1/p-1. The van der Waals surface area contributed by atoms with Gasteiger partial charge < -0.3 is 9.90 Å². The van der Waals surface area contributed by atoms with Crippen LogP contribution in [0.4, 0.5) is 0 Å². The molecule has 0 saturated carbocycles. The molecule has 0 aliphatic rings. The van der Waals surface area contributed by atoms with Crippen molar-refractivity contribution in [2.45, 2.75) is 76.5 Å². The Kier molecular flexibility index (Phi) is 21.3. The van der Waals surface area contributed by atoms with Crippen molar-refractivity contribution in [1.82, 2.24) is 0 Å². The van der Waals surface area contributed by atoms with Crippen molar-refractivity contribution in [1.29, 1.82) is 0 Å². The fourth-order valence-corrected chi connectivity index (χ4v) is 1.58. The zero-order chi connectivity index (χ0) is 14.1. The molecular weight excluding hydrogens is 267 g/mol. The maximum absolute atomic E-state index is 10.1. The number of carboxylic acids is 1. The van der Waals surface area contributed by atoms with Gasteiger partial charge in [0, 0.05) is 5.97 Å². The number of carbonyl (C=O) groups is 1. The molecular formula is C15H28MnO2. The molecule has 107 valence electrons. The van der Waals surface area contributed by atoms with Gasteiger partial charge in [0.1, 0.15) is 0 Å². The number of allylic oxidation sites excluding steroid dienone is 1. The first kappa shape index (κ1) is 20.1. The second kappa shape index (κ2) is 19.1. The van der Waals surface area contributed by atoms with Crippen LogP contribution >= 0.6 is 0 Å². The van der Waals surface area contributed by atoms with Crippen molar-refractivity contribution in [3.05, 3.63) is 12.7 Å². The predicted octanol–water partition coefficient (Wildman–Crippen LogP) is 3.79. The molecule has 0 aromatic heterocycles. The number of unbranched alkanes of at least 4 members (excludes halogenated alkanes) is 8. The maximum Gasteiger partial charge on any atom is 0.0414 e. The van der Waals surface area contributed by atoms with E-state index in [2.05, 4.69) is 29.5 Å². The van der Waals surface area contributed by atoms with Crippen LogP contribution in [0.25, 0.3) is 0 Å². The van der Waals surface area contributed by atoms with Crippen LogP contribution in [0.1, 0.15) is 71.1 Å². The largest absolute Gasteiger partial charge is 0.550 e. The molecule has 18 heavy (non-hydrogen) atoms. The first-order valence-corrected chi connectivity index (χ1v) is 7.89. The Labute approximate surface area is 121 Å². The first-order chi connectivity index (χ1) is 8.68. The van der Waals surface area contributed by atoms with Gasteiger partial charge >= 0.3 is 34.0 Å². The summed E-state index contributed by atoms with van der Waals surface area (Å²) in [6.07, 6.45) is 13.0. The first-order valence-electron chi connectivity index (χ1n) is 7.05. The Morgan fingerprint density at radius 2 is 1.44 bits per heavy atom. The summed E-state index contributed by atoms with van der Waals surface area (Å²) in [5.74, 6) is -0.909. The third-order valence-electron chi connectivity index (χ3n) is 2.59. The average molecular weight is 295 g/mol. The summed E-state index contributed by atoms with van der Waals surface area (Å²) in [4.78, 5) is 10.1. The van der Waals surface area contributed by atoms with E-state index in [0.717, 1.165) is 18.2 Å². The Morgan fingerprint density at radius 1 is 1.06 bits per heavy atom. The van der Waals surface area contributed by atoms with Gasteiger partial charge in [0.2, 0.25) is 0 Å². The molecule has 0 bridgehead atoms. The zero-order valence-corrected chi connectivity index (χ0v) is 12.9. The quantitative estimate of drug-likeness (QED) is 0.330. The molecule has 0 fully saturated rings. The maximum atomic E-state index is 10.1. The third kappa shape index (κ3) is 24.8. The number of carboxylic acid groups (broad SMARTS) is 1. The van der Waals surface area contributed by atoms with E-state index in [1.54, 1.807) is 6.08 Å². The van der Waals surface area contributed by atoms with E-state index in [1.165, 1.54) is 44.9 Å². The molecule has 0 aliphatic carbocycles. The summed E-state index contributed by atoms with van der Waals surface area (Å²) < 4.78 is 0. The SMILES string of the molecule is C=C[CH2][Mn+].CCCCCCCCCCCC(=O)[O-]. The van der Waals surface area contributed by atoms with Crippen LogP contribution in [0, 0.1) is 0 Å². The summed E-state index contributed by atoms with van der Waals surface area (Å²) >= 11 is 3.13. The summed E-state index contributed by atoms with van der Waals surface area (Å²) in [5.41, 5.74) is 0. The van der Waals surface area contributed by atoms with E-state index in [0.29, 0.717) is 0 Å². The summed E-state index contributed by atoms with van der Waals surface area (Å²) in [5, 5.41) is 11.0. The number of hydrogen-bond acceptors (Lipinski definition) is 2. The van der Waals surface area contributed by atoms with Gasteiger partial charge in [-0.05, 0) is 12.8 Å². The number of carbonyl (C=O) groups excluding carboxylic acids is 1. The van der Waals surface area contributed by atoms with E-state index in [9.17, 15) is 9.90 Å². The van der Waals surface area contributed by atoms with Gasteiger partial charge in [0.25, 0.3) is 0 Å². The fourth-order valence-electron chi connectivity index (χ4n) is 1.58. The van der Waals surface area contributed by atoms with Gasteiger partial charge in [-0.25, -0.2) is 0 Å². The van der Waals surface area contributed by atoms with Crippen LogP contribution in [-0.4, -0.2) is 5.97 Å². The van der Waals surface area contributed by atoms with Gasteiger partial charge in [0.05, 0.1) is 0 Å². The van der Waals surface area contributed by atoms with Crippen molar-refractivity contribution in [2.75, 3.05) is 0 Å². The van der Waals surface area contributed by atoms with Crippen LogP contribution in [0.5, 0.6) is 0 Å². The summed E-state index contributed by atoms with van der Waals surface area (Å²) in [7, 11) is 0. The summed E-state index contributed by atoms with van der Waals surface area (Å²) in [6.45, 7) is 5.65. The van der Waals surface area contributed by atoms with Crippen molar-refractivity contribution < 1.29 is 25.9 Å². The monoisotopic (exact) mass is 295 g/mol. The normalized spacial score (nSPS) is 9.39. The van der Waals surface area contributed by atoms with E-state index in [-0.39, 0.29) is 6.42 Å². The third-order valence-corrected chi connectivity index (χ3v) is 2.93. The Bertz CT molecular complexity index is 181. The molecule has 0 amide bonds. The Hall–Kier alpha value is -0.271. The molecule has 2 nitrogen and oxygen atoms in total. The number of aliphatic carboxylic acids is 1. The van der Waals surface area contributed by atoms with Crippen molar-refractivity contribution in [2.24, 2.45) is 0 Å². The fraction of sp³-hybridized carbons (Fsp3) is 0.800. The van der Waals surface area contributed by atoms with E-state index >= 15 is 0 Å². The topological polar surface area (TPSA) is 40.1 Å². The molecule has 0 aromatic rings. The van der Waals surface area contributed by atoms with Crippen molar-refractivity contribution in [3.63, 3.8) is 0 Å². The minimum atomic E-state index is -0.909. The van der Waals surface area contributed by atoms with Crippen LogP contribution < -0.4 is 5.11 Å². The molecule has 0 aromatic carbocycles. The van der Waals surface area contributed by atoms with E-state index in [4.69, 9.17) is 0 Å². The van der Waals surface area contributed by atoms with Crippen molar-refractivity contribution >= 4 is 5.97 Å².